The Hall–Kier alpha value is -2.10. The highest BCUT2D eigenvalue weighted by Gasteiger charge is 2.23. The predicted molar refractivity (Wildman–Crippen MR) is 105 cm³/mol. The van der Waals surface area contributed by atoms with Gasteiger partial charge in [0, 0.05) is 32.2 Å². The number of nitrogens with one attached hydrogen (secondary N) is 2. The molecule has 6 heteroatoms. The number of rotatable bonds is 7. The maximum atomic E-state index is 9.02. The molecule has 1 atom stereocenters. The average Bonchev–Trinajstić information content (AvgIpc) is 2.67. The third-order valence-corrected chi connectivity index (χ3v) is 4.58. The first-order chi connectivity index (χ1) is 12.6. The van der Waals surface area contributed by atoms with E-state index in [-0.39, 0.29) is 0 Å². The van der Waals surface area contributed by atoms with Crippen molar-refractivity contribution in [2.75, 3.05) is 39.4 Å². The number of nitriles is 1. The lowest BCUT2D eigenvalue weighted by Crippen LogP contribution is -2.52. The van der Waals surface area contributed by atoms with E-state index in [1.54, 1.807) is 0 Å². The van der Waals surface area contributed by atoms with E-state index < -0.39 is 0 Å². The number of aliphatic imine (C=N–C) groups is 1. The molecule has 6 nitrogen and oxygen atoms in total. The van der Waals surface area contributed by atoms with Crippen LogP contribution in [0.15, 0.2) is 29.3 Å². The Kier molecular flexibility index (Phi) is 8.39. The Bertz CT molecular complexity index is 617. The summed E-state index contributed by atoms with van der Waals surface area (Å²) in [5.41, 5.74) is 1.71. The Morgan fingerprint density at radius 2 is 2.08 bits per heavy atom. The number of hydrogen-bond donors (Lipinski definition) is 2. The summed E-state index contributed by atoms with van der Waals surface area (Å²) in [5.74, 6) is 1.37. The van der Waals surface area contributed by atoms with Gasteiger partial charge in [-0.05, 0) is 30.5 Å². The summed E-state index contributed by atoms with van der Waals surface area (Å²) in [7, 11) is 0. The fraction of sp³-hybridized carbons (Fsp3) is 0.600. The van der Waals surface area contributed by atoms with Crippen molar-refractivity contribution in [1.29, 1.82) is 5.26 Å². The lowest BCUT2D eigenvalue weighted by Gasteiger charge is -2.37. The maximum absolute atomic E-state index is 9.02. The highest BCUT2D eigenvalue weighted by molar-refractivity contribution is 5.79. The molecule has 2 N–H and O–H groups in total. The predicted octanol–water partition coefficient (Wildman–Crippen LogP) is 1.97. The van der Waals surface area contributed by atoms with Gasteiger partial charge in [-0.3, -0.25) is 4.90 Å². The van der Waals surface area contributed by atoms with Crippen LogP contribution in [0.1, 0.15) is 31.9 Å². The molecule has 1 heterocycles. The zero-order chi connectivity index (χ0) is 18.8. The summed E-state index contributed by atoms with van der Waals surface area (Å²) in [6.45, 7) is 12.4. The molecule has 1 aliphatic heterocycles. The molecule has 142 valence electrons. The van der Waals surface area contributed by atoms with E-state index >= 15 is 0 Å². The van der Waals surface area contributed by atoms with Gasteiger partial charge in [-0.25, -0.2) is 4.99 Å². The van der Waals surface area contributed by atoms with Crippen LogP contribution < -0.4 is 10.6 Å². The molecule has 1 aromatic rings. The van der Waals surface area contributed by atoms with Gasteiger partial charge >= 0.3 is 0 Å². The minimum absolute atomic E-state index is 0.449. The standard InChI is InChI=1S/C20H31N5O/c1-4-22-20(23-14-18-7-5-6-17(12-18)13-21)24-15-19(16(2)3)25-8-10-26-11-9-25/h5-7,12,16,19H,4,8-11,14-15H2,1-3H3,(H2,22,23,24). The van der Waals surface area contributed by atoms with E-state index in [0.29, 0.717) is 24.1 Å². The van der Waals surface area contributed by atoms with E-state index in [4.69, 9.17) is 10.00 Å². The summed E-state index contributed by atoms with van der Waals surface area (Å²) < 4.78 is 5.48. The van der Waals surface area contributed by atoms with Gasteiger partial charge in [-0.1, -0.05) is 26.0 Å². The SMILES string of the molecule is CCNC(=NCc1cccc(C#N)c1)NCC(C(C)C)N1CCOCC1. The van der Waals surface area contributed by atoms with Crippen LogP contribution >= 0.6 is 0 Å². The largest absolute Gasteiger partial charge is 0.379 e. The summed E-state index contributed by atoms with van der Waals surface area (Å²) in [4.78, 5) is 7.18. The Morgan fingerprint density at radius 1 is 1.31 bits per heavy atom. The molecule has 0 aromatic heterocycles. The number of ether oxygens (including phenoxy) is 1. The van der Waals surface area contributed by atoms with Gasteiger partial charge in [0.25, 0.3) is 0 Å². The lowest BCUT2D eigenvalue weighted by atomic mass is 10.0. The zero-order valence-electron chi connectivity index (χ0n) is 16.2. The fourth-order valence-electron chi connectivity index (χ4n) is 3.15. The van der Waals surface area contributed by atoms with Crippen molar-refractivity contribution in [1.82, 2.24) is 15.5 Å². The average molecular weight is 358 g/mol. The van der Waals surface area contributed by atoms with Crippen molar-refractivity contribution in [2.24, 2.45) is 10.9 Å². The maximum Gasteiger partial charge on any atom is 0.191 e. The second-order valence-electron chi connectivity index (χ2n) is 6.85. The van der Waals surface area contributed by atoms with Gasteiger partial charge in [0.2, 0.25) is 0 Å². The van der Waals surface area contributed by atoms with Crippen LogP contribution in [0, 0.1) is 17.2 Å². The second kappa shape index (κ2) is 10.8. The van der Waals surface area contributed by atoms with E-state index in [2.05, 4.69) is 47.4 Å². The third-order valence-electron chi connectivity index (χ3n) is 4.58. The molecule has 1 fully saturated rings. The highest BCUT2D eigenvalue weighted by Crippen LogP contribution is 2.12. The van der Waals surface area contributed by atoms with Crippen LogP contribution in [-0.2, 0) is 11.3 Å². The minimum Gasteiger partial charge on any atom is -0.379 e. The number of guanidine groups is 1. The molecule has 0 saturated carbocycles. The zero-order valence-corrected chi connectivity index (χ0v) is 16.2. The van der Waals surface area contributed by atoms with Crippen LogP contribution in [0.5, 0.6) is 0 Å². The molecule has 0 bridgehead atoms. The Balaban J connectivity index is 1.97. The van der Waals surface area contributed by atoms with Crippen molar-refractivity contribution in [2.45, 2.75) is 33.4 Å². The molecule has 1 unspecified atom stereocenters. The van der Waals surface area contributed by atoms with Crippen LogP contribution in [0.3, 0.4) is 0 Å². The van der Waals surface area contributed by atoms with Crippen molar-refractivity contribution in [3.63, 3.8) is 0 Å². The fourth-order valence-corrected chi connectivity index (χ4v) is 3.15. The van der Waals surface area contributed by atoms with Gasteiger partial charge in [0.05, 0.1) is 31.4 Å². The van der Waals surface area contributed by atoms with Gasteiger partial charge in [0.15, 0.2) is 5.96 Å². The summed E-state index contributed by atoms with van der Waals surface area (Å²) in [6.07, 6.45) is 0. The first kappa shape index (κ1) is 20.2. The van der Waals surface area contributed by atoms with Crippen LogP contribution in [0.4, 0.5) is 0 Å². The second-order valence-corrected chi connectivity index (χ2v) is 6.85. The quantitative estimate of drug-likeness (QED) is 0.577. The van der Waals surface area contributed by atoms with Crippen molar-refractivity contribution in [3.05, 3.63) is 35.4 Å². The molecule has 0 radical (unpaired) electrons. The number of hydrogen-bond acceptors (Lipinski definition) is 4. The molecule has 0 amide bonds. The van der Waals surface area contributed by atoms with E-state index in [9.17, 15) is 0 Å². The van der Waals surface area contributed by atoms with Gasteiger partial charge in [-0.2, -0.15) is 5.26 Å². The molecular formula is C20H31N5O. The first-order valence-electron chi connectivity index (χ1n) is 9.47. The van der Waals surface area contributed by atoms with Crippen molar-refractivity contribution in [3.8, 4) is 6.07 Å². The topological polar surface area (TPSA) is 72.7 Å². The summed E-state index contributed by atoms with van der Waals surface area (Å²) >= 11 is 0. The van der Waals surface area contributed by atoms with Gasteiger partial charge in [0.1, 0.15) is 0 Å². The van der Waals surface area contributed by atoms with Crippen molar-refractivity contribution >= 4 is 5.96 Å². The Labute approximate surface area is 157 Å². The normalized spacial score (nSPS) is 17.0. The lowest BCUT2D eigenvalue weighted by molar-refractivity contribution is 0.00752. The molecule has 1 aliphatic rings. The Morgan fingerprint density at radius 3 is 2.73 bits per heavy atom. The molecular weight excluding hydrogens is 326 g/mol. The summed E-state index contributed by atoms with van der Waals surface area (Å²) in [5, 5.41) is 15.8. The van der Waals surface area contributed by atoms with E-state index in [1.165, 1.54) is 0 Å². The molecule has 0 spiro atoms. The molecule has 0 aliphatic carbocycles. The molecule has 2 rings (SSSR count). The number of benzene rings is 1. The third kappa shape index (κ3) is 6.32. The van der Waals surface area contributed by atoms with E-state index in [0.717, 1.165) is 50.9 Å². The van der Waals surface area contributed by atoms with Crippen LogP contribution in [0.25, 0.3) is 0 Å². The number of morpholine rings is 1. The van der Waals surface area contributed by atoms with E-state index in [1.807, 2.05) is 24.3 Å². The smallest absolute Gasteiger partial charge is 0.191 e. The van der Waals surface area contributed by atoms with Gasteiger partial charge < -0.3 is 15.4 Å². The minimum atomic E-state index is 0.449. The van der Waals surface area contributed by atoms with Crippen molar-refractivity contribution < 1.29 is 4.74 Å². The van der Waals surface area contributed by atoms with Crippen LogP contribution in [0.2, 0.25) is 0 Å². The van der Waals surface area contributed by atoms with Gasteiger partial charge in [-0.15, -0.1) is 0 Å². The monoisotopic (exact) mass is 357 g/mol. The highest BCUT2D eigenvalue weighted by atomic mass is 16.5. The molecule has 26 heavy (non-hydrogen) atoms. The van der Waals surface area contributed by atoms with Crippen LogP contribution in [-0.4, -0.2) is 56.3 Å². The summed E-state index contributed by atoms with van der Waals surface area (Å²) in [6, 6.07) is 10.2. The number of nitrogens with zero attached hydrogens (tertiary/aromatic N) is 3. The molecule has 1 aromatic carbocycles. The first-order valence-corrected chi connectivity index (χ1v) is 9.47. The molecule has 1 saturated heterocycles.